The zero-order chi connectivity index (χ0) is 19.6. The molecule has 2 N–H and O–H groups in total. The second-order valence-electron chi connectivity index (χ2n) is 6.38. The van der Waals surface area contributed by atoms with Crippen molar-refractivity contribution in [2.24, 2.45) is 5.92 Å². The highest BCUT2D eigenvalue weighted by molar-refractivity contribution is 7.93. The van der Waals surface area contributed by atoms with Crippen LogP contribution in [0.25, 0.3) is 0 Å². The van der Waals surface area contributed by atoms with Gasteiger partial charge in [-0.1, -0.05) is 24.3 Å². The minimum Gasteiger partial charge on any atom is -0.394 e. The molecule has 0 aromatic rings. The Hall–Kier alpha value is -1.58. The number of aliphatic hydroxyl groups is 2. The number of hydrogen-bond donors (Lipinski definition) is 2. The average molecular weight is 393 g/mol. The molecule has 2 unspecified atom stereocenters. The van der Waals surface area contributed by atoms with Crippen molar-refractivity contribution in [2.75, 3.05) is 13.2 Å². The van der Waals surface area contributed by atoms with Crippen molar-refractivity contribution in [1.29, 1.82) is 0 Å². The SMILES string of the molecule is CC(O)(C1C=CC(N(CCO)S(=O)(=O)C2=CC=CCC2)=CC1)C(F)(F)F. The van der Waals surface area contributed by atoms with Gasteiger partial charge in [0.05, 0.1) is 18.1 Å². The highest BCUT2D eigenvalue weighted by Gasteiger charge is 2.54. The van der Waals surface area contributed by atoms with E-state index in [1.807, 2.05) is 6.08 Å². The molecule has 5 nitrogen and oxygen atoms in total. The quantitative estimate of drug-likeness (QED) is 0.727. The van der Waals surface area contributed by atoms with Gasteiger partial charge >= 0.3 is 6.18 Å². The van der Waals surface area contributed by atoms with Crippen LogP contribution in [0.5, 0.6) is 0 Å². The van der Waals surface area contributed by atoms with Gasteiger partial charge in [0.1, 0.15) is 0 Å². The third-order valence-corrected chi connectivity index (χ3v) is 6.54. The highest BCUT2D eigenvalue weighted by atomic mass is 32.2. The van der Waals surface area contributed by atoms with Crippen LogP contribution >= 0.6 is 0 Å². The summed E-state index contributed by atoms with van der Waals surface area (Å²) in [6, 6.07) is 0. The summed E-state index contributed by atoms with van der Waals surface area (Å²) in [7, 11) is -3.89. The molecule has 0 spiro atoms. The van der Waals surface area contributed by atoms with Gasteiger partial charge in [-0.15, -0.1) is 0 Å². The molecule has 2 aliphatic carbocycles. The van der Waals surface area contributed by atoms with Crippen molar-refractivity contribution in [3.8, 4) is 0 Å². The van der Waals surface area contributed by atoms with E-state index in [1.165, 1.54) is 18.2 Å². The number of rotatable bonds is 6. The molecule has 0 radical (unpaired) electrons. The minimum atomic E-state index is -4.80. The first-order valence-electron chi connectivity index (χ1n) is 8.18. The lowest BCUT2D eigenvalue weighted by Crippen LogP contribution is -2.48. The van der Waals surface area contributed by atoms with Crippen LogP contribution in [-0.2, 0) is 10.0 Å². The van der Waals surface area contributed by atoms with Crippen LogP contribution in [0.3, 0.4) is 0 Å². The minimum absolute atomic E-state index is 0.172. The number of alkyl halides is 3. The summed E-state index contributed by atoms with van der Waals surface area (Å²) in [6.07, 6.45) is 4.63. The average Bonchev–Trinajstić information content (AvgIpc) is 2.59. The van der Waals surface area contributed by atoms with Gasteiger partial charge in [0.15, 0.2) is 5.60 Å². The molecule has 2 atom stereocenters. The van der Waals surface area contributed by atoms with Crippen molar-refractivity contribution in [3.63, 3.8) is 0 Å². The summed E-state index contributed by atoms with van der Waals surface area (Å²) >= 11 is 0. The molecule has 0 aromatic carbocycles. The molecule has 2 aliphatic rings. The molecule has 9 heteroatoms. The van der Waals surface area contributed by atoms with Gasteiger partial charge in [-0.05, 0) is 38.3 Å². The van der Waals surface area contributed by atoms with Gasteiger partial charge < -0.3 is 10.2 Å². The van der Waals surface area contributed by atoms with E-state index in [0.29, 0.717) is 19.8 Å². The summed E-state index contributed by atoms with van der Waals surface area (Å²) in [6.45, 7) is 0.0549. The molecule has 0 aliphatic heterocycles. The standard InChI is InChI=1S/C17H22F3NO4S/c1-16(23,17(18,19)20)13-7-9-14(10-8-13)21(11-12-22)26(24,25)15-5-3-2-4-6-15/h2-3,5,7,9-10,13,22-23H,4,6,8,11-12H2,1H3. The Bertz CT molecular complexity index is 748. The predicted octanol–water partition coefficient (Wildman–Crippen LogP) is 2.62. The Labute approximate surface area is 150 Å². The fourth-order valence-electron chi connectivity index (χ4n) is 2.84. The van der Waals surface area contributed by atoms with E-state index in [9.17, 15) is 31.8 Å². The Morgan fingerprint density at radius 3 is 2.50 bits per heavy atom. The fraction of sp³-hybridized carbons (Fsp3) is 0.529. The molecule has 146 valence electrons. The van der Waals surface area contributed by atoms with Crippen LogP contribution in [0.2, 0.25) is 0 Å². The van der Waals surface area contributed by atoms with E-state index in [2.05, 4.69) is 0 Å². The second-order valence-corrected chi connectivity index (χ2v) is 8.29. The predicted molar refractivity (Wildman–Crippen MR) is 91.2 cm³/mol. The molecule has 0 fully saturated rings. The van der Waals surface area contributed by atoms with Crippen molar-refractivity contribution in [2.45, 2.75) is 38.0 Å². The van der Waals surface area contributed by atoms with Gasteiger partial charge in [0, 0.05) is 11.6 Å². The number of nitrogens with zero attached hydrogens (tertiary/aromatic N) is 1. The number of sulfonamides is 1. The van der Waals surface area contributed by atoms with Crippen molar-refractivity contribution < 1.29 is 31.8 Å². The van der Waals surface area contributed by atoms with Crippen LogP contribution in [0.1, 0.15) is 26.2 Å². The van der Waals surface area contributed by atoms with E-state index in [0.717, 1.165) is 10.4 Å². The monoisotopic (exact) mass is 393 g/mol. The van der Waals surface area contributed by atoms with Gasteiger partial charge in [0.25, 0.3) is 10.0 Å². The largest absolute Gasteiger partial charge is 0.417 e. The van der Waals surface area contributed by atoms with Gasteiger partial charge in [-0.3, -0.25) is 4.31 Å². The summed E-state index contributed by atoms with van der Waals surface area (Å²) in [5.41, 5.74) is -2.73. The summed E-state index contributed by atoms with van der Waals surface area (Å²) in [4.78, 5) is 0.187. The second kappa shape index (κ2) is 7.58. The van der Waals surface area contributed by atoms with Gasteiger partial charge in [-0.25, -0.2) is 8.42 Å². The molecule has 2 rings (SSSR count). The van der Waals surface area contributed by atoms with Crippen LogP contribution in [0.15, 0.2) is 47.1 Å². The summed E-state index contributed by atoms with van der Waals surface area (Å²) in [5.74, 6) is -1.22. The molecular formula is C17H22F3NO4S. The van der Waals surface area contributed by atoms with E-state index in [4.69, 9.17) is 0 Å². The van der Waals surface area contributed by atoms with Crippen molar-refractivity contribution >= 4 is 10.0 Å². The Kier molecular flexibility index (Phi) is 6.04. The first kappa shape index (κ1) is 20.7. The molecule has 0 saturated heterocycles. The summed E-state index contributed by atoms with van der Waals surface area (Å²) in [5, 5.41) is 19.0. The molecule has 26 heavy (non-hydrogen) atoms. The van der Waals surface area contributed by atoms with Crippen LogP contribution in [0.4, 0.5) is 13.2 Å². The number of halogens is 3. The van der Waals surface area contributed by atoms with Crippen LogP contribution < -0.4 is 0 Å². The molecule has 0 saturated carbocycles. The third-order valence-electron chi connectivity index (χ3n) is 4.56. The zero-order valence-electron chi connectivity index (χ0n) is 14.3. The number of allylic oxidation sites excluding steroid dienone is 6. The zero-order valence-corrected chi connectivity index (χ0v) is 15.1. The van der Waals surface area contributed by atoms with E-state index in [-0.39, 0.29) is 23.6 Å². The lowest BCUT2D eigenvalue weighted by molar-refractivity contribution is -0.266. The fourth-order valence-corrected chi connectivity index (χ4v) is 4.48. The normalized spacial score (nSPS) is 23.2. The first-order valence-corrected chi connectivity index (χ1v) is 9.62. The number of hydrogen-bond acceptors (Lipinski definition) is 4. The smallest absolute Gasteiger partial charge is 0.394 e. The maximum atomic E-state index is 13.0. The maximum absolute atomic E-state index is 13.0. The third kappa shape index (κ3) is 4.05. The maximum Gasteiger partial charge on any atom is 0.417 e. The Morgan fingerprint density at radius 1 is 1.35 bits per heavy atom. The van der Waals surface area contributed by atoms with Crippen LogP contribution in [-0.4, -0.2) is 47.9 Å². The Balaban J connectivity index is 2.27. The van der Waals surface area contributed by atoms with Gasteiger partial charge in [-0.2, -0.15) is 13.2 Å². The van der Waals surface area contributed by atoms with Crippen molar-refractivity contribution in [3.05, 3.63) is 47.1 Å². The van der Waals surface area contributed by atoms with Crippen LogP contribution in [0, 0.1) is 5.92 Å². The first-order chi connectivity index (χ1) is 12.0. The highest BCUT2D eigenvalue weighted by Crippen LogP contribution is 2.40. The summed E-state index contributed by atoms with van der Waals surface area (Å²) < 4.78 is 65.5. The topological polar surface area (TPSA) is 77.8 Å². The Morgan fingerprint density at radius 2 is 2.04 bits per heavy atom. The van der Waals surface area contributed by atoms with E-state index in [1.54, 1.807) is 6.08 Å². The molecular weight excluding hydrogens is 371 g/mol. The lowest BCUT2D eigenvalue weighted by atomic mass is 9.83. The van der Waals surface area contributed by atoms with Crippen molar-refractivity contribution in [1.82, 2.24) is 4.31 Å². The molecule has 0 amide bonds. The molecule has 0 aromatic heterocycles. The van der Waals surface area contributed by atoms with E-state index >= 15 is 0 Å². The molecule has 0 heterocycles. The van der Waals surface area contributed by atoms with E-state index < -0.39 is 34.3 Å². The molecule has 0 bridgehead atoms. The lowest BCUT2D eigenvalue weighted by Gasteiger charge is -2.35. The number of aliphatic hydroxyl groups excluding tert-OH is 1. The van der Waals surface area contributed by atoms with Gasteiger partial charge in [0.2, 0.25) is 0 Å².